The molecule has 2 rings (SSSR count). The first-order valence-corrected chi connectivity index (χ1v) is 6.58. The first kappa shape index (κ1) is 12.1. The molecule has 1 fully saturated rings. The first-order valence-electron chi connectivity index (χ1n) is 6.58. The molecule has 1 aromatic carbocycles. The van der Waals surface area contributed by atoms with Gasteiger partial charge in [0.05, 0.1) is 11.4 Å². The molecule has 0 amide bonds. The Morgan fingerprint density at radius 1 is 1.12 bits per heavy atom. The highest BCUT2D eigenvalue weighted by Crippen LogP contribution is 2.29. The van der Waals surface area contributed by atoms with E-state index in [1.54, 1.807) is 0 Å². The number of benzene rings is 1. The molecule has 0 heterocycles. The van der Waals surface area contributed by atoms with E-state index in [-0.39, 0.29) is 0 Å². The van der Waals surface area contributed by atoms with Crippen LogP contribution in [0.1, 0.15) is 39.0 Å². The lowest BCUT2D eigenvalue weighted by atomic mass is 9.84. The molecule has 1 saturated carbocycles. The topological polar surface area (TPSA) is 64.1 Å². The van der Waals surface area contributed by atoms with Crippen LogP contribution in [0.4, 0.5) is 17.1 Å². The van der Waals surface area contributed by atoms with E-state index in [9.17, 15) is 0 Å². The molecule has 3 heteroatoms. The summed E-state index contributed by atoms with van der Waals surface area (Å²) in [7, 11) is 0. The number of anilines is 3. The van der Waals surface area contributed by atoms with Crippen molar-refractivity contribution in [1.82, 2.24) is 0 Å². The molecule has 0 aromatic heterocycles. The zero-order valence-corrected chi connectivity index (χ0v) is 10.6. The van der Waals surface area contributed by atoms with Crippen LogP contribution in [0.15, 0.2) is 18.2 Å². The SMILES string of the molecule is CC(Nc1ccc(N)c(N)c1)C1CCCCC1. The maximum absolute atomic E-state index is 5.81. The second-order valence-corrected chi connectivity index (χ2v) is 5.17. The smallest absolute Gasteiger partial charge is 0.0568 e. The maximum Gasteiger partial charge on any atom is 0.0568 e. The summed E-state index contributed by atoms with van der Waals surface area (Å²) in [6.45, 7) is 2.27. The fraction of sp³-hybridized carbons (Fsp3) is 0.571. The number of nitrogens with one attached hydrogen (secondary N) is 1. The number of nitrogen functional groups attached to an aromatic ring is 2. The largest absolute Gasteiger partial charge is 0.397 e. The second kappa shape index (κ2) is 5.30. The molecular weight excluding hydrogens is 210 g/mol. The highest BCUT2D eigenvalue weighted by molar-refractivity contribution is 5.69. The minimum Gasteiger partial charge on any atom is -0.397 e. The minimum absolute atomic E-state index is 0.512. The van der Waals surface area contributed by atoms with E-state index in [1.807, 2.05) is 18.2 Å². The average molecular weight is 233 g/mol. The third kappa shape index (κ3) is 3.05. The summed E-state index contributed by atoms with van der Waals surface area (Å²) in [5.74, 6) is 0.794. The Hall–Kier alpha value is -1.38. The van der Waals surface area contributed by atoms with Crippen molar-refractivity contribution in [3.05, 3.63) is 18.2 Å². The molecule has 94 valence electrons. The normalized spacial score (nSPS) is 18.9. The lowest BCUT2D eigenvalue weighted by molar-refractivity contribution is 0.328. The van der Waals surface area contributed by atoms with Gasteiger partial charge in [0.1, 0.15) is 0 Å². The predicted octanol–water partition coefficient (Wildman–Crippen LogP) is 3.23. The summed E-state index contributed by atoms with van der Waals surface area (Å²) < 4.78 is 0. The predicted molar refractivity (Wildman–Crippen MR) is 74.9 cm³/mol. The summed E-state index contributed by atoms with van der Waals surface area (Å²) >= 11 is 0. The van der Waals surface area contributed by atoms with E-state index in [4.69, 9.17) is 11.5 Å². The maximum atomic E-state index is 5.81. The van der Waals surface area contributed by atoms with Gasteiger partial charge in [0, 0.05) is 11.7 Å². The summed E-state index contributed by atoms with van der Waals surface area (Å²) in [5, 5.41) is 3.54. The van der Waals surface area contributed by atoms with Crippen LogP contribution in [-0.2, 0) is 0 Å². The standard InChI is InChI=1S/C14H23N3/c1-10(11-5-3-2-4-6-11)17-12-7-8-13(15)14(16)9-12/h7-11,17H,2-6,15-16H2,1H3. The van der Waals surface area contributed by atoms with Crippen LogP contribution in [0.3, 0.4) is 0 Å². The molecule has 0 saturated heterocycles. The van der Waals surface area contributed by atoms with Crippen LogP contribution >= 0.6 is 0 Å². The minimum atomic E-state index is 0.512. The monoisotopic (exact) mass is 233 g/mol. The van der Waals surface area contributed by atoms with E-state index in [2.05, 4.69) is 12.2 Å². The van der Waals surface area contributed by atoms with E-state index in [0.717, 1.165) is 11.6 Å². The van der Waals surface area contributed by atoms with Gasteiger partial charge in [-0.1, -0.05) is 19.3 Å². The van der Waals surface area contributed by atoms with Crippen molar-refractivity contribution in [3.63, 3.8) is 0 Å². The molecular formula is C14H23N3. The summed E-state index contributed by atoms with van der Waals surface area (Å²) in [6.07, 6.45) is 6.84. The zero-order valence-electron chi connectivity index (χ0n) is 10.6. The first-order chi connectivity index (χ1) is 8.16. The highest BCUT2D eigenvalue weighted by Gasteiger charge is 2.19. The Labute approximate surface area is 104 Å². The van der Waals surface area contributed by atoms with Crippen LogP contribution in [0.5, 0.6) is 0 Å². The van der Waals surface area contributed by atoms with Gasteiger partial charge in [-0.2, -0.15) is 0 Å². The Morgan fingerprint density at radius 2 is 1.82 bits per heavy atom. The fourth-order valence-electron chi connectivity index (χ4n) is 2.68. The third-order valence-corrected chi connectivity index (χ3v) is 3.84. The van der Waals surface area contributed by atoms with Crippen LogP contribution < -0.4 is 16.8 Å². The quantitative estimate of drug-likeness (QED) is 0.702. The molecule has 5 N–H and O–H groups in total. The van der Waals surface area contributed by atoms with Gasteiger partial charge in [0.25, 0.3) is 0 Å². The number of hydrogen-bond donors (Lipinski definition) is 3. The molecule has 1 atom stereocenters. The fourth-order valence-corrected chi connectivity index (χ4v) is 2.68. The van der Waals surface area contributed by atoms with Crippen molar-refractivity contribution in [3.8, 4) is 0 Å². The molecule has 17 heavy (non-hydrogen) atoms. The van der Waals surface area contributed by atoms with E-state index >= 15 is 0 Å². The third-order valence-electron chi connectivity index (χ3n) is 3.84. The van der Waals surface area contributed by atoms with Crippen molar-refractivity contribution in [2.75, 3.05) is 16.8 Å². The van der Waals surface area contributed by atoms with Gasteiger partial charge in [0.15, 0.2) is 0 Å². The molecule has 0 spiro atoms. The molecule has 1 aromatic rings. The van der Waals surface area contributed by atoms with Crippen molar-refractivity contribution in [2.24, 2.45) is 5.92 Å². The van der Waals surface area contributed by atoms with Gasteiger partial charge >= 0.3 is 0 Å². The Bertz CT molecular complexity index is 370. The Kier molecular flexibility index (Phi) is 3.77. The van der Waals surface area contributed by atoms with Crippen LogP contribution in [-0.4, -0.2) is 6.04 Å². The molecule has 0 radical (unpaired) electrons. The van der Waals surface area contributed by atoms with Crippen molar-refractivity contribution < 1.29 is 0 Å². The summed E-state index contributed by atoms with van der Waals surface area (Å²) in [6, 6.07) is 6.31. The Morgan fingerprint density at radius 3 is 2.47 bits per heavy atom. The van der Waals surface area contributed by atoms with Gasteiger partial charge in [-0.15, -0.1) is 0 Å². The van der Waals surface area contributed by atoms with Crippen molar-refractivity contribution in [2.45, 2.75) is 45.1 Å². The molecule has 0 aliphatic heterocycles. The lowest BCUT2D eigenvalue weighted by Gasteiger charge is -2.29. The molecule has 1 aliphatic rings. The second-order valence-electron chi connectivity index (χ2n) is 5.17. The van der Waals surface area contributed by atoms with Gasteiger partial charge in [0.2, 0.25) is 0 Å². The summed E-state index contributed by atoms with van der Waals surface area (Å²) in [4.78, 5) is 0. The number of hydrogen-bond acceptors (Lipinski definition) is 3. The van der Waals surface area contributed by atoms with Gasteiger partial charge in [-0.05, 0) is 43.9 Å². The Balaban J connectivity index is 1.96. The van der Waals surface area contributed by atoms with E-state index < -0.39 is 0 Å². The van der Waals surface area contributed by atoms with Crippen molar-refractivity contribution >= 4 is 17.1 Å². The molecule has 1 unspecified atom stereocenters. The van der Waals surface area contributed by atoms with Gasteiger partial charge in [-0.25, -0.2) is 0 Å². The van der Waals surface area contributed by atoms with E-state index in [0.29, 0.717) is 17.4 Å². The molecule has 0 bridgehead atoms. The van der Waals surface area contributed by atoms with Gasteiger partial charge in [-0.3, -0.25) is 0 Å². The van der Waals surface area contributed by atoms with E-state index in [1.165, 1.54) is 32.1 Å². The average Bonchev–Trinajstić information content (AvgIpc) is 2.35. The van der Waals surface area contributed by atoms with Crippen LogP contribution in [0.25, 0.3) is 0 Å². The highest BCUT2D eigenvalue weighted by atomic mass is 14.9. The molecule has 3 nitrogen and oxygen atoms in total. The lowest BCUT2D eigenvalue weighted by Crippen LogP contribution is -2.27. The van der Waals surface area contributed by atoms with Crippen LogP contribution in [0.2, 0.25) is 0 Å². The zero-order chi connectivity index (χ0) is 12.3. The summed E-state index contributed by atoms with van der Waals surface area (Å²) in [5.41, 5.74) is 13.9. The number of nitrogens with two attached hydrogens (primary N) is 2. The van der Waals surface area contributed by atoms with Crippen LogP contribution in [0, 0.1) is 5.92 Å². The molecule has 1 aliphatic carbocycles. The number of rotatable bonds is 3. The van der Waals surface area contributed by atoms with Gasteiger partial charge < -0.3 is 16.8 Å². The van der Waals surface area contributed by atoms with Crippen molar-refractivity contribution in [1.29, 1.82) is 0 Å².